The van der Waals surface area contributed by atoms with Crippen molar-refractivity contribution in [2.45, 2.75) is 51.1 Å². The van der Waals surface area contributed by atoms with Gasteiger partial charge in [-0.2, -0.15) is 0 Å². The third kappa shape index (κ3) is 3.26. The molecule has 0 radical (unpaired) electrons. The van der Waals surface area contributed by atoms with Crippen molar-refractivity contribution in [3.05, 3.63) is 29.8 Å². The van der Waals surface area contributed by atoms with Crippen LogP contribution in [0.4, 0.5) is 5.69 Å². The van der Waals surface area contributed by atoms with Crippen LogP contribution in [0.15, 0.2) is 24.3 Å². The van der Waals surface area contributed by atoms with E-state index in [9.17, 15) is 0 Å². The minimum atomic E-state index is 0.727. The molecule has 2 heteroatoms. The van der Waals surface area contributed by atoms with Crippen molar-refractivity contribution in [1.82, 2.24) is 5.32 Å². The van der Waals surface area contributed by atoms with Gasteiger partial charge in [-0.3, -0.25) is 0 Å². The van der Waals surface area contributed by atoms with Gasteiger partial charge in [0.05, 0.1) is 0 Å². The maximum Gasteiger partial charge on any atom is 0.0411 e. The molecule has 1 aromatic carbocycles. The molecule has 1 aliphatic rings. The quantitative estimate of drug-likeness (QED) is 0.817. The Bertz CT molecular complexity index is 354. The third-order valence-electron chi connectivity index (χ3n) is 4.11. The Hall–Kier alpha value is -1.02. The van der Waals surface area contributed by atoms with Crippen LogP contribution < -0.4 is 10.2 Å². The fourth-order valence-electron chi connectivity index (χ4n) is 3.04. The topological polar surface area (TPSA) is 15.3 Å². The van der Waals surface area contributed by atoms with Crippen molar-refractivity contribution in [2.24, 2.45) is 0 Å². The Morgan fingerprint density at radius 1 is 1.11 bits per heavy atom. The minimum absolute atomic E-state index is 0.727. The summed E-state index contributed by atoms with van der Waals surface area (Å²) in [5.74, 6) is 0. The highest BCUT2D eigenvalue weighted by Crippen LogP contribution is 2.27. The number of para-hydroxylation sites is 1. The minimum Gasteiger partial charge on any atom is -0.371 e. The molecule has 1 fully saturated rings. The van der Waals surface area contributed by atoms with Gasteiger partial charge >= 0.3 is 0 Å². The molecule has 0 heterocycles. The Morgan fingerprint density at radius 3 is 2.44 bits per heavy atom. The zero-order valence-corrected chi connectivity index (χ0v) is 11.8. The molecule has 0 bridgehead atoms. The maximum atomic E-state index is 3.27. The van der Waals surface area contributed by atoms with Crippen molar-refractivity contribution in [3.63, 3.8) is 0 Å². The van der Waals surface area contributed by atoms with Crippen LogP contribution in [-0.2, 0) is 6.54 Å². The summed E-state index contributed by atoms with van der Waals surface area (Å²) in [5.41, 5.74) is 2.81. The van der Waals surface area contributed by atoms with Crippen molar-refractivity contribution < 1.29 is 0 Å². The molecule has 2 rings (SSSR count). The smallest absolute Gasteiger partial charge is 0.0411 e. The number of rotatable bonds is 4. The lowest BCUT2D eigenvalue weighted by Crippen LogP contribution is -2.32. The molecule has 100 valence electrons. The van der Waals surface area contributed by atoms with Crippen LogP contribution in [0.25, 0.3) is 0 Å². The van der Waals surface area contributed by atoms with E-state index < -0.39 is 0 Å². The molecule has 1 aromatic rings. The van der Waals surface area contributed by atoms with Crippen molar-refractivity contribution in [1.29, 1.82) is 0 Å². The Balaban J connectivity index is 2.13. The Labute approximate surface area is 111 Å². The zero-order chi connectivity index (χ0) is 12.8. The second-order valence-corrected chi connectivity index (χ2v) is 5.42. The first kappa shape index (κ1) is 13.4. The first-order valence-corrected chi connectivity index (χ1v) is 7.28. The summed E-state index contributed by atoms with van der Waals surface area (Å²) >= 11 is 0. The van der Waals surface area contributed by atoms with Gasteiger partial charge < -0.3 is 10.2 Å². The van der Waals surface area contributed by atoms with E-state index in [1.165, 1.54) is 49.8 Å². The van der Waals surface area contributed by atoms with Gasteiger partial charge in [-0.1, -0.05) is 43.9 Å². The zero-order valence-electron chi connectivity index (χ0n) is 11.8. The second kappa shape index (κ2) is 6.79. The lowest BCUT2D eigenvalue weighted by molar-refractivity contribution is 0.551. The highest BCUT2D eigenvalue weighted by molar-refractivity contribution is 5.53. The summed E-state index contributed by atoms with van der Waals surface area (Å²) in [6, 6.07) is 9.51. The predicted octanol–water partition coefficient (Wildman–Crippen LogP) is 3.57. The fourth-order valence-corrected chi connectivity index (χ4v) is 3.04. The van der Waals surface area contributed by atoms with Gasteiger partial charge in [-0.15, -0.1) is 0 Å². The summed E-state index contributed by atoms with van der Waals surface area (Å²) in [5, 5.41) is 3.27. The van der Waals surface area contributed by atoms with E-state index in [1.807, 2.05) is 7.05 Å². The highest BCUT2D eigenvalue weighted by Gasteiger charge is 2.18. The lowest BCUT2D eigenvalue weighted by Gasteiger charge is -2.31. The normalized spacial score (nSPS) is 17.4. The molecule has 0 amide bonds. The summed E-state index contributed by atoms with van der Waals surface area (Å²) in [4.78, 5) is 2.51. The van der Waals surface area contributed by atoms with Gasteiger partial charge in [0.15, 0.2) is 0 Å². The van der Waals surface area contributed by atoms with E-state index in [0.29, 0.717) is 0 Å². The monoisotopic (exact) mass is 246 g/mol. The van der Waals surface area contributed by atoms with Crippen LogP contribution in [0, 0.1) is 0 Å². The van der Waals surface area contributed by atoms with Crippen LogP contribution in [0.2, 0.25) is 0 Å². The van der Waals surface area contributed by atoms with Crippen LogP contribution in [0.5, 0.6) is 0 Å². The van der Waals surface area contributed by atoms with Gasteiger partial charge in [-0.05, 0) is 31.5 Å². The Morgan fingerprint density at radius 2 is 1.78 bits per heavy atom. The van der Waals surface area contributed by atoms with Gasteiger partial charge in [0.2, 0.25) is 0 Å². The number of nitrogens with one attached hydrogen (secondary N) is 1. The van der Waals surface area contributed by atoms with Crippen LogP contribution in [-0.4, -0.2) is 20.1 Å². The number of hydrogen-bond acceptors (Lipinski definition) is 2. The molecule has 0 aliphatic heterocycles. The predicted molar refractivity (Wildman–Crippen MR) is 79.1 cm³/mol. The van der Waals surface area contributed by atoms with E-state index in [-0.39, 0.29) is 0 Å². The molecule has 1 aliphatic carbocycles. The molecule has 18 heavy (non-hydrogen) atoms. The van der Waals surface area contributed by atoms with Crippen molar-refractivity contribution >= 4 is 5.69 Å². The first-order valence-electron chi connectivity index (χ1n) is 7.28. The molecule has 0 atom stereocenters. The average Bonchev–Trinajstić information content (AvgIpc) is 2.68. The fraction of sp³-hybridized carbons (Fsp3) is 0.625. The molecular formula is C16H26N2. The number of benzene rings is 1. The second-order valence-electron chi connectivity index (χ2n) is 5.42. The Kier molecular flexibility index (Phi) is 5.06. The highest BCUT2D eigenvalue weighted by atomic mass is 15.1. The molecule has 0 saturated heterocycles. The van der Waals surface area contributed by atoms with E-state index in [4.69, 9.17) is 0 Å². The molecule has 2 nitrogen and oxygen atoms in total. The van der Waals surface area contributed by atoms with E-state index in [2.05, 4.69) is 41.5 Å². The molecular weight excluding hydrogens is 220 g/mol. The molecule has 1 saturated carbocycles. The summed E-state index contributed by atoms with van der Waals surface area (Å²) < 4.78 is 0. The van der Waals surface area contributed by atoms with Crippen molar-refractivity contribution in [2.75, 3.05) is 19.0 Å². The summed E-state index contributed by atoms with van der Waals surface area (Å²) in [6.45, 7) is 0.952. The van der Waals surface area contributed by atoms with E-state index >= 15 is 0 Å². The lowest BCUT2D eigenvalue weighted by atomic mass is 10.0. The average molecular weight is 246 g/mol. The van der Waals surface area contributed by atoms with Gasteiger partial charge in [0.1, 0.15) is 0 Å². The third-order valence-corrected chi connectivity index (χ3v) is 4.11. The molecule has 0 spiro atoms. The number of anilines is 1. The van der Waals surface area contributed by atoms with Crippen LogP contribution in [0.1, 0.15) is 44.1 Å². The molecule has 0 unspecified atom stereocenters. The van der Waals surface area contributed by atoms with Crippen LogP contribution in [0.3, 0.4) is 0 Å². The van der Waals surface area contributed by atoms with Crippen LogP contribution >= 0.6 is 0 Å². The molecule has 0 aromatic heterocycles. The molecule has 1 N–H and O–H groups in total. The number of hydrogen-bond donors (Lipinski definition) is 1. The van der Waals surface area contributed by atoms with Crippen molar-refractivity contribution in [3.8, 4) is 0 Å². The van der Waals surface area contributed by atoms with E-state index in [0.717, 1.165) is 12.6 Å². The van der Waals surface area contributed by atoms with Gasteiger partial charge in [0.25, 0.3) is 0 Å². The standard InChI is InChI=1S/C16H26N2/c1-17-13-14-9-7-8-12-16(14)18(2)15-10-5-3-4-6-11-15/h7-9,12,15,17H,3-6,10-11,13H2,1-2H3. The van der Waals surface area contributed by atoms with Gasteiger partial charge in [-0.25, -0.2) is 0 Å². The SMILES string of the molecule is CNCc1ccccc1N(C)C1CCCCCC1. The summed E-state index contributed by atoms with van der Waals surface area (Å²) in [6.07, 6.45) is 8.33. The largest absolute Gasteiger partial charge is 0.371 e. The number of nitrogens with zero attached hydrogens (tertiary/aromatic N) is 1. The maximum absolute atomic E-state index is 3.27. The van der Waals surface area contributed by atoms with Gasteiger partial charge in [0, 0.05) is 25.3 Å². The van der Waals surface area contributed by atoms with E-state index in [1.54, 1.807) is 0 Å². The summed E-state index contributed by atoms with van der Waals surface area (Å²) in [7, 11) is 4.28. The first-order chi connectivity index (χ1) is 8.83.